The van der Waals surface area contributed by atoms with Gasteiger partial charge >= 0.3 is 5.97 Å². The predicted octanol–water partition coefficient (Wildman–Crippen LogP) is 1.98. The van der Waals surface area contributed by atoms with Crippen molar-refractivity contribution in [2.45, 2.75) is 19.3 Å². The van der Waals surface area contributed by atoms with E-state index in [1.165, 1.54) is 0 Å². The number of carbonyl (C=O) groups is 2. The molecule has 0 aliphatic rings. The van der Waals surface area contributed by atoms with Crippen LogP contribution in [0.5, 0.6) is 0 Å². The van der Waals surface area contributed by atoms with E-state index in [0.717, 1.165) is 11.3 Å². The van der Waals surface area contributed by atoms with Crippen LogP contribution in [0.2, 0.25) is 0 Å². The van der Waals surface area contributed by atoms with Crippen LogP contribution in [0.25, 0.3) is 17.0 Å². The van der Waals surface area contributed by atoms with E-state index >= 15 is 0 Å². The Morgan fingerprint density at radius 1 is 1.12 bits per heavy atom. The van der Waals surface area contributed by atoms with Crippen molar-refractivity contribution in [1.29, 1.82) is 0 Å². The second kappa shape index (κ2) is 6.86. The molecule has 0 bridgehead atoms. The van der Waals surface area contributed by atoms with Crippen LogP contribution in [0.15, 0.2) is 42.6 Å². The first-order chi connectivity index (χ1) is 11.6. The van der Waals surface area contributed by atoms with Gasteiger partial charge in [0.25, 0.3) is 11.7 Å². The van der Waals surface area contributed by atoms with Crippen molar-refractivity contribution in [3.63, 3.8) is 0 Å². The molecular weight excluding hydrogens is 310 g/mol. The van der Waals surface area contributed by atoms with E-state index in [0.29, 0.717) is 5.78 Å². The molecular formula is C16H15N5O3. The van der Waals surface area contributed by atoms with Crippen LogP contribution >= 0.6 is 0 Å². The van der Waals surface area contributed by atoms with Crippen LogP contribution < -0.4 is 5.32 Å². The standard InChI is InChI=1S/C16H15N5O3/c22-13(7-4-8-14(23)24)18-15-19-16-17-10-9-12(21(16)20-15)11-5-2-1-3-6-11/h1-3,5-6,9-10H,4,7-8H2,(H,23,24)(H,18,20,22). The van der Waals surface area contributed by atoms with Crippen LogP contribution in [-0.4, -0.2) is 36.6 Å². The second-order valence-electron chi connectivity index (χ2n) is 5.14. The van der Waals surface area contributed by atoms with Crippen LogP contribution in [-0.2, 0) is 9.59 Å². The number of fused-ring (bicyclic) bond motifs is 1. The molecule has 0 atom stereocenters. The van der Waals surface area contributed by atoms with Crippen LogP contribution in [0, 0.1) is 0 Å². The second-order valence-corrected chi connectivity index (χ2v) is 5.14. The molecule has 2 N–H and O–H groups in total. The first-order valence-corrected chi connectivity index (χ1v) is 7.42. The van der Waals surface area contributed by atoms with Gasteiger partial charge in [0.2, 0.25) is 5.91 Å². The van der Waals surface area contributed by atoms with E-state index in [4.69, 9.17) is 5.11 Å². The van der Waals surface area contributed by atoms with Gasteiger partial charge in [0.05, 0.1) is 5.69 Å². The molecule has 8 heteroatoms. The monoisotopic (exact) mass is 325 g/mol. The Labute approximate surface area is 137 Å². The number of nitrogens with zero attached hydrogens (tertiary/aromatic N) is 4. The highest BCUT2D eigenvalue weighted by Crippen LogP contribution is 2.19. The van der Waals surface area contributed by atoms with Crippen LogP contribution in [0.4, 0.5) is 5.95 Å². The van der Waals surface area contributed by atoms with E-state index in [1.807, 2.05) is 36.4 Å². The summed E-state index contributed by atoms with van der Waals surface area (Å²) in [6, 6.07) is 11.5. The Bertz CT molecular complexity index is 876. The molecule has 1 amide bonds. The zero-order valence-electron chi connectivity index (χ0n) is 12.7. The maximum atomic E-state index is 11.8. The Kier molecular flexibility index (Phi) is 4.46. The van der Waals surface area contributed by atoms with E-state index in [9.17, 15) is 9.59 Å². The third kappa shape index (κ3) is 3.54. The number of hydrogen-bond acceptors (Lipinski definition) is 5. The third-order valence-corrected chi connectivity index (χ3v) is 3.36. The number of carbonyl (C=O) groups excluding carboxylic acids is 1. The van der Waals surface area contributed by atoms with E-state index in [-0.39, 0.29) is 31.1 Å². The molecule has 0 saturated heterocycles. The topological polar surface area (TPSA) is 109 Å². The minimum atomic E-state index is -0.926. The molecule has 0 fully saturated rings. The maximum Gasteiger partial charge on any atom is 0.303 e. The molecule has 0 spiro atoms. The minimum absolute atomic E-state index is 0.0499. The molecule has 3 rings (SSSR count). The molecule has 0 aliphatic heterocycles. The molecule has 122 valence electrons. The number of benzene rings is 1. The molecule has 0 aliphatic carbocycles. The summed E-state index contributed by atoms with van der Waals surface area (Å²) < 4.78 is 1.56. The Morgan fingerprint density at radius 3 is 2.67 bits per heavy atom. The SMILES string of the molecule is O=C(O)CCCC(=O)Nc1nc2nccc(-c3ccccc3)n2n1. The smallest absolute Gasteiger partial charge is 0.303 e. The highest BCUT2D eigenvalue weighted by molar-refractivity contribution is 5.89. The zero-order valence-corrected chi connectivity index (χ0v) is 12.7. The molecule has 1 aromatic carbocycles. The first kappa shape index (κ1) is 15.6. The summed E-state index contributed by atoms with van der Waals surface area (Å²) in [7, 11) is 0. The quantitative estimate of drug-likeness (QED) is 0.717. The van der Waals surface area contributed by atoms with Crippen molar-refractivity contribution in [2.24, 2.45) is 0 Å². The van der Waals surface area contributed by atoms with Gasteiger partial charge in [-0.15, -0.1) is 5.10 Å². The number of aromatic nitrogens is 4. The summed E-state index contributed by atoms with van der Waals surface area (Å²) in [5.74, 6) is -0.734. The normalized spacial score (nSPS) is 10.7. The minimum Gasteiger partial charge on any atom is -0.481 e. The highest BCUT2D eigenvalue weighted by atomic mass is 16.4. The Hall–Kier alpha value is -3.29. The van der Waals surface area contributed by atoms with Gasteiger partial charge < -0.3 is 5.11 Å². The summed E-state index contributed by atoms with van der Waals surface area (Å²) >= 11 is 0. The summed E-state index contributed by atoms with van der Waals surface area (Å²) in [5.41, 5.74) is 1.76. The maximum absolute atomic E-state index is 11.8. The average Bonchev–Trinajstić information content (AvgIpc) is 2.97. The number of nitrogens with one attached hydrogen (secondary N) is 1. The van der Waals surface area contributed by atoms with Gasteiger partial charge in [-0.05, 0) is 12.5 Å². The largest absolute Gasteiger partial charge is 0.481 e. The number of anilines is 1. The number of hydrogen-bond donors (Lipinski definition) is 2. The van der Waals surface area contributed by atoms with Gasteiger partial charge in [-0.2, -0.15) is 9.50 Å². The fourth-order valence-electron chi connectivity index (χ4n) is 2.26. The number of carboxylic acid groups (broad SMARTS) is 1. The average molecular weight is 325 g/mol. The molecule has 3 aromatic rings. The molecule has 0 unspecified atom stereocenters. The lowest BCUT2D eigenvalue weighted by Gasteiger charge is -2.02. The lowest BCUT2D eigenvalue weighted by molar-refractivity contribution is -0.137. The number of amides is 1. The lowest BCUT2D eigenvalue weighted by Crippen LogP contribution is -2.13. The lowest BCUT2D eigenvalue weighted by atomic mass is 10.1. The van der Waals surface area contributed by atoms with Crippen LogP contribution in [0.3, 0.4) is 0 Å². The number of rotatable bonds is 6. The van der Waals surface area contributed by atoms with Crippen molar-refractivity contribution in [3.8, 4) is 11.3 Å². The number of aliphatic carboxylic acids is 1. The molecule has 8 nitrogen and oxygen atoms in total. The van der Waals surface area contributed by atoms with Gasteiger partial charge in [-0.3, -0.25) is 14.9 Å². The summed E-state index contributed by atoms with van der Waals surface area (Å²) in [5, 5.41) is 15.4. The van der Waals surface area contributed by atoms with Gasteiger partial charge in [-0.25, -0.2) is 4.98 Å². The van der Waals surface area contributed by atoms with Crippen molar-refractivity contribution in [2.75, 3.05) is 5.32 Å². The van der Waals surface area contributed by atoms with Crippen LogP contribution in [0.1, 0.15) is 19.3 Å². The van der Waals surface area contributed by atoms with Gasteiger partial charge in [0.15, 0.2) is 0 Å². The highest BCUT2D eigenvalue weighted by Gasteiger charge is 2.12. The Morgan fingerprint density at radius 2 is 1.92 bits per heavy atom. The zero-order chi connectivity index (χ0) is 16.9. The van der Waals surface area contributed by atoms with Gasteiger partial charge in [-0.1, -0.05) is 30.3 Å². The summed E-state index contributed by atoms with van der Waals surface area (Å²) in [6.45, 7) is 0. The fourth-order valence-corrected chi connectivity index (χ4v) is 2.26. The fraction of sp³-hybridized carbons (Fsp3) is 0.188. The molecule has 2 heterocycles. The van der Waals surface area contributed by atoms with Gasteiger partial charge in [0, 0.05) is 24.6 Å². The van der Waals surface area contributed by atoms with Crippen molar-refractivity contribution in [3.05, 3.63) is 42.6 Å². The molecule has 2 aromatic heterocycles. The van der Waals surface area contributed by atoms with Crippen molar-refractivity contribution >= 4 is 23.6 Å². The summed E-state index contributed by atoms with van der Waals surface area (Å²) in [4.78, 5) is 30.6. The third-order valence-electron chi connectivity index (χ3n) is 3.36. The van der Waals surface area contributed by atoms with E-state index in [1.54, 1.807) is 10.7 Å². The molecule has 0 saturated carbocycles. The predicted molar refractivity (Wildman–Crippen MR) is 86.3 cm³/mol. The summed E-state index contributed by atoms with van der Waals surface area (Å²) in [6.07, 6.45) is 1.94. The number of carboxylic acids is 1. The first-order valence-electron chi connectivity index (χ1n) is 7.42. The van der Waals surface area contributed by atoms with Crippen molar-refractivity contribution in [1.82, 2.24) is 19.6 Å². The molecule has 24 heavy (non-hydrogen) atoms. The van der Waals surface area contributed by atoms with E-state index in [2.05, 4.69) is 20.4 Å². The Balaban J connectivity index is 1.79. The van der Waals surface area contributed by atoms with Crippen molar-refractivity contribution < 1.29 is 14.7 Å². The molecule has 0 radical (unpaired) electrons. The van der Waals surface area contributed by atoms with Gasteiger partial charge in [0.1, 0.15) is 0 Å². The van der Waals surface area contributed by atoms with E-state index < -0.39 is 5.97 Å².